The third kappa shape index (κ3) is 5.15. The van der Waals surface area contributed by atoms with Crippen molar-refractivity contribution in [3.63, 3.8) is 0 Å². The van der Waals surface area contributed by atoms with E-state index in [-0.39, 0.29) is 11.6 Å². The average Bonchev–Trinajstić information content (AvgIpc) is 2.70. The molecule has 0 aliphatic carbocycles. The Kier molecular flexibility index (Phi) is 6.85. The SMILES string of the molecule is CCN(C)C(=O)C(O)C#Cc1cccc(-c2nc(C(N)=O)cc(C(C)C)n2)c1. The van der Waals surface area contributed by atoms with E-state index in [9.17, 15) is 14.7 Å². The number of primary amides is 1. The molecule has 0 spiro atoms. The van der Waals surface area contributed by atoms with Gasteiger partial charge in [-0.05, 0) is 31.0 Å². The number of hydrogen-bond acceptors (Lipinski definition) is 5. The lowest BCUT2D eigenvalue weighted by molar-refractivity contribution is -0.135. The van der Waals surface area contributed by atoms with Gasteiger partial charge in [-0.25, -0.2) is 9.97 Å². The summed E-state index contributed by atoms with van der Waals surface area (Å²) < 4.78 is 0. The maximum atomic E-state index is 11.9. The summed E-state index contributed by atoms with van der Waals surface area (Å²) in [6.45, 7) is 6.22. The van der Waals surface area contributed by atoms with Crippen LogP contribution in [0.15, 0.2) is 30.3 Å². The van der Waals surface area contributed by atoms with Gasteiger partial charge in [0.15, 0.2) is 11.9 Å². The molecule has 0 aliphatic rings. The van der Waals surface area contributed by atoms with Crippen molar-refractivity contribution in [2.45, 2.75) is 32.8 Å². The standard InChI is InChI=1S/C21H24N4O3/c1-5-25(4)21(28)18(26)10-9-14-7-6-8-15(11-14)20-23-16(13(2)3)12-17(24-20)19(22)27/h6-8,11-13,18,26H,5H2,1-4H3,(H2,22,27). The largest absolute Gasteiger partial charge is 0.372 e. The summed E-state index contributed by atoms with van der Waals surface area (Å²) in [6.07, 6.45) is -1.39. The number of benzene rings is 1. The molecule has 28 heavy (non-hydrogen) atoms. The Morgan fingerprint density at radius 3 is 2.57 bits per heavy atom. The Balaban J connectivity index is 2.38. The number of carbonyl (C=O) groups is 2. The summed E-state index contributed by atoms with van der Waals surface area (Å²) in [6, 6.07) is 8.63. The lowest BCUT2D eigenvalue weighted by atomic mass is 10.1. The topological polar surface area (TPSA) is 109 Å². The fourth-order valence-electron chi connectivity index (χ4n) is 2.33. The van der Waals surface area contributed by atoms with Gasteiger partial charge >= 0.3 is 0 Å². The zero-order chi connectivity index (χ0) is 20.8. The third-order valence-corrected chi connectivity index (χ3v) is 4.15. The van der Waals surface area contributed by atoms with Crippen molar-refractivity contribution in [3.05, 3.63) is 47.3 Å². The van der Waals surface area contributed by atoms with E-state index in [2.05, 4.69) is 21.8 Å². The van der Waals surface area contributed by atoms with Crippen LogP contribution in [-0.4, -0.2) is 51.5 Å². The van der Waals surface area contributed by atoms with Gasteiger partial charge in [-0.15, -0.1) is 0 Å². The van der Waals surface area contributed by atoms with Gasteiger partial charge in [-0.1, -0.05) is 37.8 Å². The van der Waals surface area contributed by atoms with Gasteiger partial charge in [0, 0.05) is 30.4 Å². The van der Waals surface area contributed by atoms with Crippen LogP contribution in [0, 0.1) is 11.8 Å². The van der Waals surface area contributed by atoms with Gasteiger partial charge in [0.25, 0.3) is 11.8 Å². The fraction of sp³-hybridized carbons (Fsp3) is 0.333. The molecule has 0 aliphatic heterocycles. The molecule has 1 unspecified atom stereocenters. The van der Waals surface area contributed by atoms with Gasteiger partial charge in [0.05, 0.1) is 0 Å². The first-order valence-electron chi connectivity index (χ1n) is 8.96. The number of hydrogen-bond donors (Lipinski definition) is 2. The number of rotatable bonds is 5. The van der Waals surface area contributed by atoms with Crippen molar-refractivity contribution in [2.24, 2.45) is 5.73 Å². The molecular formula is C21H24N4O3. The van der Waals surface area contributed by atoms with Crippen LogP contribution in [0.4, 0.5) is 0 Å². The Hall–Kier alpha value is -3.24. The summed E-state index contributed by atoms with van der Waals surface area (Å²) in [5.74, 6) is 4.73. The van der Waals surface area contributed by atoms with E-state index in [1.54, 1.807) is 37.4 Å². The van der Waals surface area contributed by atoms with Crippen LogP contribution in [0.2, 0.25) is 0 Å². The number of nitrogens with zero attached hydrogens (tertiary/aromatic N) is 3. The van der Waals surface area contributed by atoms with E-state index >= 15 is 0 Å². The first-order valence-corrected chi connectivity index (χ1v) is 8.96. The third-order valence-electron chi connectivity index (χ3n) is 4.15. The van der Waals surface area contributed by atoms with E-state index in [1.807, 2.05) is 20.8 Å². The second-order valence-electron chi connectivity index (χ2n) is 6.63. The molecule has 7 heteroatoms. The minimum Gasteiger partial charge on any atom is -0.372 e. The molecule has 2 amide bonds. The van der Waals surface area contributed by atoms with Crippen LogP contribution in [0.25, 0.3) is 11.4 Å². The first-order chi connectivity index (χ1) is 13.2. The minimum absolute atomic E-state index is 0.0968. The van der Waals surface area contributed by atoms with Crippen LogP contribution < -0.4 is 5.73 Å². The average molecular weight is 380 g/mol. The molecule has 0 saturated heterocycles. The smallest absolute Gasteiger partial charge is 0.267 e. The highest BCUT2D eigenvalue weighted by molar-refractivity contribution is 5.91. The van der Waals surface area contributed by atoms with Crippen molar-refractivity contribution in [1.29, 1.82) is 0 Å². The summed E-state index contributed by atoms with van der Waals surface area (Å²) in [5.41, 5.74) is 7.49. The van der Waals surface area contributed by atoms with Crippen LogP contribution >= 0.6 is 0 Å². The quantitative estimate of drug-likeness (QED) is 0.765. The van der Waals surface area contributed by atoms with Gasteiger partial charge in [0.1, 0.15) is 5.69 Å². The molecule has 2 rings (SSSR count). The number of amides is 2. The molecule has 0 saturated carbocycles. The minimum atomic E-state index is -1.39. The lowest BCUT2D eigenvalue weighted by Gasteiger charge is -2.15. The maximum absolute atomic E-state index is 11.9. The highest BCUT2D eigenvalue weighted by Gasteiger charge is 2.16. The molecule has 0 radical (unpaired) electrons. The second kappa shape index (κ2) is 9.11. The summed E-state index contributed by atoms with van der Waals surface area (Å²) in [7, 11) is 1.60. The molecule has 1 aromatic heterocycles. The molecule has 2 aromatic rings. The molecule has 1 atom stereocenters. The van der Waals surface area contributed by atoms with Crippen molar-refractivity contribution < 1.29 is 14.7 Å². The normalized spacial score (nSPS) is 11.5. The lowest BCUT2D eigenvalue weighted by Crippen LogP contribution is -2.35. The van der Waals surface area contributed by atoms with Gasteiger partial charge in [-0.2, -0.15) is 0 Å². The van der Waals surface area contributed by atoms with Crippen molar-refractivity contribution in [2.75, 3.05) is 13.6 Å². The molecule has 1 heterocycles. The Bertz CT molecular complexity index is 944. The molecular weight excluding hydrogens is 356 g/mol. The Labute approximate surface area is 164 Å². The van der Waals surface area contributed by atoms with Crippen LogP contribution in [0.1, 0.15) is 48.4 Å². The zero-order valence-electron chi connectivity index (χ0n) is 16.4. The molecule has 0 bridgehead atoms. The summed E-state index contributed by atoms with van der Waals surface area (Å²) in [4.78, 5) is 33.6. The van der Waals surface area contributed by atoms with Crippen molar-refractivity contribution >= 4 is 11.8 Å². The highest BCUT2D eigenvalue weighted by atomic mass is 16.3. The summed E-state index contributed by atoms with van der Waals surface area (Å²) in [5, 5.41) is 9.92. The molecule has 3 N–H and O–H groups in total. The van der Waals surface area contributed by atoms with E-state index < -0.39 is 17.9 Å². The number of nitrogens with two attached hydrogens (primary N) is 1. The van der Waals surface area contributed by atoms with Gasteiger partial charge < -0.3 is 15.7 Å². The predicted octanol–water partition coefficient (Wildman–Crippen LogP) is 1.56. The van der Waals surface area contributed by atoms with Crippen LogP contribution in [0.5, 0.6) is 0 Å². The summed E-state index contributed by atoms with van der Waals surface area (Å²) >= 11 is 0. The monoisotopic (exact) mass is 380 g/mol. The number of aliphatic hydroxyl groups is 1. The highest BCUT2D eigenvalue weighted by Crippen LogP contribution is 2.20. The van der Waals surface area contributed by atoms with Crippen molar-refractivity contribution in [1.82, 2.24) is 14.9 Å². The molecule has 1 aromatic carbocycles. The number of aromatic nitrogens is 2. The van der Waals surface area contributed by atoms with E-state index in [0.29, 0.717) is 29.2 Å². The van der Waals surface area contributed by atoms with Gasteiger partial charge in [-0.3, -0.25) is 9.59 Å². The molecule has 0 fully saturated rings. The maximum Gasteiger partial charge on any atom is 0.267 e. The first kappa shape index (κ1) is 21.1. The number of likely N-dealkylation sites (N-methyl/N-ethyl adjacent to an activating group) is 1. The number of aliphatic hydroxyl groups excluding tert-OH is 1. The van der Waals surface area contributed by atoms with Gasteiger partial charge in [0.2, 0.25) is 0 Å². The zero-order valence-corrected chi connectivity index (χ0v) is 16.4. The molecule has 146 valence electrons. The van der Waals surface area contributed by atoms with E-state index in [4.69, 9.17) is 5.73 Å². The number of carbonyl (C=O) groups excluding carboxylic acids is 2. The van der Waals surface area contributed by atoms with E-state index in [1.165, 1.54) is 4.90 Å². The fourth-order valence-corrected chi connectivity index (χ4v) is 2.33. The van der Waals surface area contributed by atoms with Crippen LogP contribution in [-0.2, 0) is 4.79 Å². The second-order valence-corrected chi connectivity index (χ2v) is 6.63. The Morgan fingerprint density at radius 1 is 1.25 bits per heavy atom. The Morgan fingerprint density at radius 2 is 1.96 bits per heavy atom. The predicted molar refractivity (Wildman–Crippen MR) is 106 cm³/mol. The molecule has 7 nitrogen and oxygen atoms in total. The van der Waals surface area contributed by atoms with E-state index in [0.717, 1.165) is 0 Å². The van der Waals surface area contributed by atoms with Crippen molar-refractivity contribution in [3.8, 4) is 23.2 Å². The van der Waals surface area contributed by atoms with Crippen LogP contribution in [0.3, 0.4) is 0 Å².